The van der Waals surface area contributed by atoms with Gasteiger partial charge in [-0.2, -0.15) is 0 Å². The number of piperidine rings is 1. The van der Waals surface area contributed by atoms with Gasteiger partial charge >= 0.3 is 0 Å². The minimum Gasteiger partial charge on any atom is -0.309 e. The van der Waals surface area contributed by atoms with E-state index < -0.39 is 0 Å². The van der Waals surface area contributed by atoms with Gasteiger partial charge in [0, 0.05) is 17.2 Å². The molecule has 0 atom stereocenters. The Hall–Kier alpha value is -3.05. The summed E-state index contributed by atoms with van der Waals surface area (Å²) < 4.78 is 0. The van der Waals surface area contributed by atoms with Crippen LogP contribution >= 0.6 is 0 Å². The van der Waals surface area contributed by atoms with Gasteiger partial charge in [0.05, 0.1) is 6.54 Å². The number of hydrogen-bond acceptors (Lipinski definition) is 4. The lowest BCUT2D eigenvalue weighted by Gasteiger charge is -2.36. The molecule has 0 radical (unpaired) electrons. The van der Waals surface area contributed by atoms with Gasteiger partial charge < -0.3 is 5.32 Å². The molecule has 2 aliphatic rings. The number of benzene rings is 2. The van der Waals surface area contributed by atoms with Crippen molar-refractivity contribution in [2.24, 2.45) is 5.92 Å². The molecule has 0 saturated carbocycles. The van der Waals surface area contributed by atoms with Crippen LogP contribution in [0, 0.1) is 5.92 Å². The quantitative estimate of drug-likeness (QED) is 0.596. The molecule has 1 N–H and O–H groups in total. The highest BCUT2D eigenvalue weighted by Gasteiger charge is 2.29. The van der Waals surface area contributed by atoms with E-state index in [2.05, 4.69) is 80.8 Å². The van der Waals surface area contributed by atoms with E-state index in [1.807, 2.05) is 0 Å². The highest BCUT2D eigenvalue weighted by atomic mass is 16.2. The summed E-state index contributed by atoms with van der Waals surface area (Å²) in [5.41, 5.74) is 4.99. The van der Waals surface area contributed by atoms with Crippen LogP contribution < -0.4 is 5.32 Å². The SMILES string of the molecule is O=C(CN1CCC(C(c2ccccc2)c2ccccc2)CC1)Nc1ncnc2c1CCCC2. The predicted molar refractivity (Wildman–Crippen MR) is 131 cm³/mol. The second kappa shape index (κ2) is 10.3. The first-order valence-corrected chi connectivity index (χ1v) is 12.2. The Morgan fingerprint density at radius 2 is 1.55 bits per heavy atom. The van der Waals surface area contributed by atoms with E-state index in [1.165, 1.54) is 17.5 Å². The molecular formula is C28H32N4O. The van der Waals surface area contributed by atoms with E-state index >= 15 is 0 Å². The number of carbonyl (C=O) groups excluding carboxylic acids is 1. The lowest BCUT2D eigenvalue weighted by atomic mass is 9.76. The monoisotopic (exact) mass is 440 g/mol. The van der Waals surface area contributed by atoms with Crippen LogP contribution in [-0.2, 0) is 17.6 Å². The molecule has 33 heavy (non-hydrogen) atoms. The zero-order valence-electron chi connectivity index (χ0n) is 19.1. The molecule has 170 valence electrons. The normalized spacial score (nSPS) is 17.0. The lowest BCUT2D eigenvalue weighted by molar-refractivity contribution is -0.117. The van der Waals surface area contributed by atoms with Crippen molar-refractivity contribution in [1.82, 2.24) is 14.9 Å². The third-order valence-electron chi connectivity index (χ3n) is 7.17. The maximum atomic E-state index is 12.8. The van der Waals surface area contributed by atoms with E-state index in [4.69, 9.17) is 0 Å². The number of likely N-dealkylation sites (tertiary alicyclic amines) is 1. The summed E-state index contributed by atoms with van der Waals surface area (Å²) in [4.78, 5) is 23.9. The van der Waals surface area contributed by atoms with E-state index in [0.717, 1.165) is 56.5 Å². The first-order valence-electron chi connectivity index (χ1n) is 12.2. The molecular weight excluding hydrogens is 408 g/mol. The molecule has 1 aliphatic heterocycles. The molecule has 0 unspecified atom stereocenters. The molecule has 2 heterocycles. The number of aryl methyl sites for hydroxylation is 1. The van der Waals surface area contributed by atoms with Crippen LogP contribution in [0.1, 0.15) is 54.0 Å². The highest BCUT2D eigenvalue weighted by molar-refractivity contribution is 5.92. The third-order valence-corrected chi connectivity index (χ3v) is 7.17. The zero-order chi connectivity index (χ0) is 22.5. The van der Waals surface area contributed by atoms with Gasteiger partial charge in [-0.05, 0) is 68.7 Å². The number of carbonyl (C=O) groups is 1. The summed E-state index contributed by atoms with van der Waals surface area (Å²) >= 11 is 0. The molecule has 1 amide bonds. The van der Waals surface area contributed by atoms with Gasteiger partial charge in [0.2, 0.25) is 5.91 Å². The largest absolute Gasteiger partial charge is 0.309 e. The van der Waals surface area contributed by atoms with Gasteiger partial charge in [0.25, 0.3) is 0 Å². The average Bonchev–Trinajstić information content (AvgIpc) is 2.87. The van der Waals surface area contributed by atoms with Crippen LogP contribution in [-0.4, -0.2) is 40.4 Å². The summed E-state index contributed by atoms with van der Waals surface area (Å²) in [5.74, 6) is 1.72. The summed E-state index contributed by atoms with van der Waals surface area (Å²) in [6.45, 7) is 2.30. The summed E-state index contributed by atoms with van der Waals surface area (Å²) in [5, 5.41) is 3.07. The van der Waals surface area contributed by atoms with Crippen molar-refractivity contribution in [3.63, 3.8) is 0 Å². The van der Waals surface area contributed by atoms with Gasteiger partial charge in [-0.15, -0.1) is 0 Å². The molecule has 2 aromatic carbocycles. The Labute approximate surface area is 196 Å². The highest BCUT2D eigenvalue weighted by Crippen LogP contribution is 2.37. The minimum absolute atomic E-state index is 0.0302. The van der Waals surface area contributed by atoms with Crippen molar-refractivity contribution in [3.05, 3.63) is 89.4 Å². The molecule has 0 bridgehead atoms. The summed E-state index contributed by atoms with van der Waals surface area (Å²) in [6.07, 6.45) is 8.00. The summed E-state index contributed by atoms with van der Waals surface area (Å²) in [7, 11) is 0. The van der Waals surface area contributed by atoms with Gasteiger partial charge in [-0.1, -0.05) is 60.7 Å². The van der Waals surface area contributed by atoms with Crippen molar-refractivity contribution in [1.29, 1.82) is 0 Å². The Morgan fingerprint density at radius 3 is 2.21 bits per heavy atom. The Kier molecular flexibility index (Phi) is 6.77. The molecule has 3 aromatic rings. The Morgan fingerprint density at radius 1 is 0.909 bits per heavy atom. The van der Waals surface area contributed by atoms with Crippen LogP contribution in [0.3, 0.4) is 0 Å². The van der Waals surface area contributed by atoms with Crippen molar-refractivity contribution >= 4 is 11.7 Å². The summed E-state index contributed by atoms with van der Waals surface area (Å²) in [6, 6.07) is 21.7. The molecule has 1 fully saturated rings. The van der Waals surface area contributed by atoms with Crippen molar-refractivity contribution in [2.45, 2.75) is 44.4 Å². The number of hydrogen-bond donors (Lipinski definition) is 1. The topological polar surface area (TPSA) is 58.1 Å². The molecule has 1 saturated heterocycles. The fourth-order valence-electron chi connectivity index (χ4n) is 5.51. The number of aromatic nitrogens is 2. The van der Waals surface area contributed by atoms with E-state index in [-0.39, 0.29) is 5.91 Å². The lowest BCUT2D eigenvalue weighted by Crippen LogP contribution is -2.40. The van der Waals surface area contributed by atoms with Crippen LogP contribution in [0.25, 0.3) is 0 Å². The van der Waals surface area contributed by atoms with E-state index in [1.54, 1.807) is 6.33 Å². The van der Waals surface area contributed by atoms with Gasteiger partial charge in [0.1, 0.15) is 12.1 Å². The van der Waals surface area contributed by atoms with Crippen LogP contribution in [0.15, 0.2) is 67.0 Å². The number of amides is 1. The first-order chi connectivity index (χ1) is 16.3. The van der Waals surface area contributed by atoms with Crippen molar-refractivity contribution in [3.8, 4) is 0 Å². The zero-order valence-corrected chi connectivity index (χ0v) is 19.1. The van der Waals surface area contributed by atoms with Crippen molar-refractivity contribution in [2.75, 3.05) is 25.0 Å². The predicted octanol–water partition coefficient (Wildman–Crippen LogP) is 4.84. The van der Waals surface area contributed by atoms with Gasteiger partial charge in [-0.25, -0.2) is 9.97 Å². The molecule has 5 rings (SSSR count). The smallest absolute Gasteiger partial charge is 0.239 e. The second-order valence-corrected chi connectivity index (χ2v) is 9.32. The minimum atomic E-state index is 0.0302. The average molecular weight is 441 g/mol. The van der Waals surface area contributed by atoms with Crippen LogP contribution in [0.4, 0.5) is 5.82 Å². The second-order valence-electron chi connectivity index (χ2n) is 9.32. The van der Waals surface area contributed by atoms with Crippen LogP contribution in [0.2, 0.25) is 0 Å². The molecule has 1 aliphatic carbocycles. The van der Waals surface area contributed by atoms with E-state index in [0.29, 0.717) is 24.2 Å². The van der Waals surface area contributed by atoms with Crippen molar-refractivity contribution < 1.29 is 4.79 Å². The van der Waals surface area contributed by atoms with Crippen LogP contribution in [0.5, 0.6) is 0 Å². The molecule has 5 heteroatoms. The third kappa shape index (κ3) is 5.14. The molecule has 1 aromatic heterocycles. The maximum Gasteiger partial charge on any atom is 0.239 e. The first kappa shape index (κ1) is 21.8. The number of rotatable bonds is 6. The van der Waals surface area contributed by atoms with E-state index in [9.17, 15) is 4.79 Å². The standard InChI is InChI=1S/C28H32N4O/c33-26(31-28-24-13-7-8-14-25(24)29-20-30-28)19-32-17-15-23(16-18-32)27(21-9-3-1-4-10-21)22-11-5-2-6-12-22/h1-6,9-12,20,23,27H,7-8,13-19H2,(H,29,30,31,33). The Bertz CT molecular complexity index is 1020. The number of nitrogens with zero attached hydrogens (tertiary/aromatic N) is 3. The fourth-order valence-corrected chi connectivity index (χ4v) is 5.51. The molecule has 0 spiro atoms. The maximum absolute atomic E-state index is 12.8. The number of fused-ring (bicyclic) bond motifs is 1. The molecule has 5 nitrogen and oxygen atoms in total. The fraction of sp³-hybridized carbons (Fsp3) is 0.393. The number of nitrogens with one attached hydrogen (secondary N) is 1. The van der Waals surface area contributed by atoms with Gasteiger partial charge in [0.15, 0.2) is 0 Å². The Balaban J connectivity index is 1.21. The number of anilines is 1. The van der Waals surface area contributed by atoms with Gasteiger partial charge in [-0.3, -0.25) is 9.69 Å².